The van der Waals surface area contributed by atoms with Gasteiger partial charge in [0.15, 0.2) is 0 Å². The largest absolute Gasteiger partial charge is 0.354 e. The number of benzene rings is 1. The van der Waals surface area contributed by atoms with Crippen molar-refractivity contribution in [3.05, 3.63) is 71.8 Å². The summed E-state index contributed by atoms with van der Waals surface area (Å²) in [6.45, 7) is 0.536. The number of aromatic nitrogens is 3. The van der Waals surface area contributed by atoms with Gasteiger partial charge >= 0.3 is 0 Å². The summed E-state index contributed by atoms with van der Waals surface area (Å²) in [5, 5.41) is 5.69. The van der Waals surface area contributed by atoms with Crippen LogP contribution in [0.3, 0.4) is 0 Å². The Kier molecular flexibility index (Phi) is 7.05. The maximum absolute atomic E-state index is 14.6. The molecular formula is C25H25F3N6O3S. The first-order valence-corrected chi connectivity index (χ1v) is 13.8. The highest BCUT2D eigenvalue weighted by Gasteiger charge is 2.44. The second kappa shape index (κ2) is 10.3. The van der Waals surface area contributed by atoms with E-state index in [0.717, 1.165) is 12.3 Å². The number of hydrogen-bond donors (Lipinski definition) is 2. The van der Waals surface area contributed by atoms with Crippen molar-refractivity contribution in [2.24, 2.45) is 5.92 Å². The first kappa shape index (κ1) is 26.0. The van der Waals surface area contributed by atoms with Crippen LogP contribution in [0.15, 0.2) is 48.9 Å². The highest BCUT2D eigenvalue weighted by molar-refractivity contribution is 7.88. The molecule has 3 atom stereocenters. The van der Waals surface area contributed by atoms with Crippen molar-refractivity contribution in [1.29, 1.82) is 0 Å². The van der Waals surface area contributed by atoms with E-state index in [0.29, 0.717) is 5.56 Å². The van der Waals surface area contributed by atoms with Gasteiger partial charge in [0.2, 0.25) is 16.0 Å². The SMILES string of the molecule is CS(=O)(=O)N1CC(NC(=O)c2ccc(F)c(-c3cnc(NCC4[C@@H](c5ncccc5F)C[C@@H]4F)nc3)c2)C1. The van der Waals surface area contributed by atoms with Crippen LogP contribution in [0.5, 0.6) is 0 Å². The molecule has 9 nitrogen and oxygen atoms in total. The Morgan fingerprint density at radius 2 is 1.84 bits per heavy atom. The Balaban J connectivity index is 1.21. The monoisotopic (exact) mass is 546 g/mol. The molecule has 2 fully saturated rings. The number of hydrogen-bond acceptors (Lipinski definition) is 7. The van der Waals surface area contributed by atoms with E-state index in [-0.39, 0.29) is 60.8 Å². The van der Waals surface area contributed by atoms with Crippen LogP contribution in [0.1, 0.15) is 28.4 Å². The molecular weight excluding hydrogens is 521 g/mol. The summed E-state index contributed by atoms with van der Waals surface area (Å²) in [5.41, 5.74) is 0.890. The number of nitrogens with zero attached hydrogens (tertiary/aromatic N) is 4. The minimum Gasteiger partial charge on any atom is -0.354 e. The number of sulfonamides is 1. The Hall–Kier alpha value is -3.58. The van der Waals surface area contributed by atoms with Crippen LogP contribution in [0, 0.1) is 17.6 Å². The molecule has 1 unspecified atom stereocenters. The summed E-state index contributed by atoms with van der Waals surface area (Å²) >= 11 is 0. The number of alkyl halides is 1. The minimum atomic E-state index is -3.30. The Morgan fingerprint density at radius 3 is 2.50 bits per heavy atom. The zero-order valence-corrected chi connectivity index (χ0v) is 21.1. The number of halogens is 3. The predicted octanol–water partition coefficient (Wildman–Crippen LogP) is 2.74. The maximum Gasteiger partial charge on any atom is 0.251 e. The maximum atomic E-state index is 14.6. The molecule has 1 aliphatic heterocycles. The normalized spacial score (nSPS) is 21.8. The Bertz CT molecular complexity index is 1450. The van der Waals surface area contributed by atoms with Crippen molar-refractivity contribution in [3.8, 4) is 11.1 Å². The zero-order valence-electron chi connectivity index (χ0n) is 20.3. The minimum absolute atomic E-state index is 0.115. The summed E-state index contributed by atoms with van der Waals surface area (Å²) in [5.74, 6) is -2.14. The average molecular weight is 547 g/mol. The van der Waals surface area contributed by atoms with Gasteiger partial charge in [0, 0.05) is 66.8 Å². The molecule has 0 radical (unpaired) electrons. The summed E-state index contributed by atoms with van der Waals surface area (Å²) in [4.78, 5) is 25.0. The van der Waals surface area contributed by atoms with Gasteiger partial charge in [-0.05, 0) is 36.8 Å². The molecule has 13 heteroatoms. The summed E-state index contributed by atoms with van der Waals surface area (Å²) < 4.78 is 67.1. The number of carbonyl (C=O) groups is 1. The molecule has 2 aromatic heterocycles. The van der Waals surface area contributed by atoms with Crippen molar-refractivity contribution in [3.63, 3.8) is 0 Å². The molecule has 2 N–H and O–H groups in total. The second-order valence-electron chi connectivity index (χ2n) is 9.51. The second-order valence-corrected chi connectivity index (χ2v) is 11.5. The van der Waals surface area contributed by atoms with Gasteiger partial charge in [-0.2, -0.15) is 4.31 Å². The van der Waals surface area contributed by atoms with E-state index in [1.54, 1.807) is 0 Å². The molecule has 2 aliphatic rings. The standard InChI is InChI=1S/C25H25F3N6O3S/c1-38(36,37)34-12-16(13-34)33-24(35)14-4-5-20(26)17(7-14)15-9-30-25(31-10-15)32-11-19-18(8-22(19)28)23-21(27)3-2-6-29-23/h2-7,9-10,16,18-19,22H,8,11-13H2,1H3,(H,33,35)(H,30,31,32)/t18-,19?,22-/m0/s1. The Morgan fingerprint density at radius 1 is 1.11 bits per heavy atom. The molecule has 1 aromatic carbocycles. The fourth-order valence-electron chi connectivity index (χ4n) is 4.63. The number of anilines is 1. The molecule has 38 heavy (non-hydrogen) atoms. The van der Waals surface area contributed by atoms with Gasteiger partial charge in [-0.15, -0.1) is 0 Å². The number of carbonyl (C=O) groups excluding carboxylic acids is 1. The lowest BCUT2D eigenvalue weighted by molar-refractivity contribution is 0.0854. The summed E-state index contributed by atoms with van der Waals surface area (Å²) in [6.07, 6.45) is 4.44. The van der Waals surface area contributed by atoms with Gasteiger partial charge in [0.25, 0.3) is 5.91 Å². The van der Waals surface area contributed by atoms with Crippen molar-refractivity contribution in [2.45, 2.75) is 24.6 Å². The van der Waals surface area contributed by atoms with Crippen LogP contribution < -0.4 is 10.6 Å². The van der Waals surface area contributed by atoms with E-state index in [2.05, 4.69) is 25.6 Å². The molecule has 5 rings (SSSR count). The van der Waals surface area contributed by atoms with Crippen LogP contribution in [-0.2, 0) is 10.0 Å². The quantitative estimate of drug-likeness (QED) is 0.446. The molecule has 1 saturated heterocycles. The van der Waals surface area contributed by atoms with Gasteiger partial charge in [0.1, 0.15) is 17.8 Å². The molecule has 1 saturated carbocycles. The first-order valence-electron chi connectivity index (χ1n) is 12.0. The molecule has 3 aromatic rings. The average Bonchev–Trinajstić information content (AvgIpc) is 2.85. The molecule has 0 bridgehead atoms. The van der Waals surface area contributed by atoms with Crippen molar-refractivity contribution < 1.29 is 26.4 Å². The number of amides is 1. The zero-order chi connectivity index (χ0) is 27.0. The van der Waals surface area contributed by atoms with Crippen LogP contribution in [0.25, 0.3) is 11.1 Å². The van der Waals surface area contributed by atoms with Crippen molar-refractivity contribution in [2.75, 3.05) is 31.2 Å². The van der Waals surface area contributed by atoms with E-state index in [4.69, 9.17) is 0 Å². The van der Waals surface area contributed by atoms with E-state index < -0.39 is 39.7 Å². The highest BCUT2D eigenvalue weighted by Crippen LogP contribution is 2.44. The number of pyridine rings is 1. The highest BCUT2D eigenvalue weighted by atomic mass is 32.2. The van der Waals surface area contributed by atoms with Crippen molar-refractivity contribution >= 4 is 21.9 Å². The summed E-state index contributed by atoms with van der Waals surface area (Å²) in [6, 6.07) is 6.34. The van der Waals surface area contributed by atoms with Gasteiger partial charge < -0.3 is 10.6 Å². The molecule has 3 heterocycles. The third-order valence-electron chi connectivity index (χ3n) is 6.94. The van der Waals surface area contributed by atoms with Crippen LogP contribution in [-0.4, -0.2) is 71.7 Å². The van der Waals surface area contributed by atoms with Crippen LogP contribution >= 0.6 is 0 Å². The predicted molar refractivity (Wildman–Crippen MR) is 134 cm³/mol. The van der Waals surface area contributed by atoms with Crippen LogP contribution in [0.4, 0.5) is 19.1 Å². The number of rotatable bonds is 8. The lowest BCUT2D eigenvalue weighted by Gasteiger charge is -2.39. The number of nitrogens with one attached hydrogen (secondary N) is 2. The molecule has 0 spiro atoms. The summed E-state index contributed by atoms with van der Waals surface area (Å²) in [7, 11) is -3.30. The molecule has 1 amide bonds. The van der Waals surface area contributed by atoms with Gasteiger partial charge in [-0.25, -0.2) is 31.6 Å². The lowest BCUT2D eigenvalue weighted by atomic mass is 9.70. The van der Waals surface area contributed by atoms with Gasteiger partial charge in [-0.1, -0.05) is 0 Å². The van der Waals surface area contributed by atoms with Gasteiger partial charge in [0.05, 0.1) is 18.0 Å². The smallest absolute Gasteiger partial charge is 0.251 e. The fraction of sp³-hybridized carbons (Fsp3) is 0.360. The molecule has 200 valence electrons. The first-order chi connectivity index (χ1) is 18.1. The molecule has 1 aliphatic carbocycles. The lowest BCUT2D eigenvalue weighted by Crippen LogP contribution is -2.60. The van der Waals surface area contributed by atoms with Crippen molar-refractivity contribution in [1.82, 2.24) is 24.6 Å². The third-order valence-corrected chi connectivity index (χ3v) is 8.17. The topological polar surface area (TPSA) is 117 Å². The van der Waals surface area contributed by atoms with E-state index >= 15 is 0 Å². The van der Waals surface area contributed by atoms with E-state index in [1.807, 2.05) is 0 Å². The van der Waals surface area contributed by atoms with E-state index in [9.17, 15) is 26.4 Å². The van der Waals surface area contributed by atoms with Crippen LogP contribution in [0.2, 0.25) is 0 Å². The van der Waals surface area contributed by atoms with Gasteiger partial charge in [-0.3, -0.25) is 9.78 Å². The van der Waals surface area contributed by atoms with E-state index in [1.165, 1.54) is 47.2 Å². The fourth-order valence-corrected chi connectivity index (χ4v) is 5.53. The Labute approximate surface area is 217 Å². The third kappa shape index (κ3) is 5.34.